The summed E-state index contributed by atoms with van der Waals surface area (Å²) >= 11 is 0. The molecule has 0 radical (unpaired) electrons. The topological polar surface area (TPSA) is 75.8 Å². The molecule has 6 heteroatoms. The smallest absolute Gasteiger partial charge is 0.285 e. The van der Waals surface area contributed by atoms with E-state index in [0.29, 0.717) is 12.2 Å². The van der Waals surface area contributed by atoms with E-state index in [9.17, 15) is 8.42 Å². The molecular formula is C15H15N3O2S. The molecular weight excluding hydrogens is 286 g/mol. The summed E-state index contributed by atoms with van der Waals surface area (Å²) in [4.78, 5) is 2.05. The zero-order valence-corrected chi connectivity index (χ0v) is 12.3. The van der Waals surface area contributed by atoms with E-state index in [2.05, 4.69) is 4.40 Å². The van der Waals surface area contributed by atoms with Crippen molar-refractivity contribution in [2.24, 2.45) is 4.40 Å². The Balaban J connectivity index is 2.03. The average molecular weight is 301 g/mol. The molecule has 1 aliphatic heterocycles. The minimum absolute atomic E-state index is 0.231. The van der Waals surface area contributed by atoms with Crippen molar-refractivity contribution in [1.29, 1.82) is 0 Å². The SMILES string of the molecule is Cc1c(N)cccc1CN1C=NS(=O)(=O)c2ccccc21. The van der Waals surface area contributed by atoms with Crippen molar-refractivity contribution in [2.75, 3.05) is 10.6 Å². The van der Waals surface area contributed by atoms with Gasteiger partial charge in [-0.3, -0.25) is 0 Å². The summed E-state index contributed by atoms with van der Waals surface area (Å²) in [6.45, 7) is 2.47. The number of benzene rings is 2. The maximum Gasteiger partial charge on any atom is 0.285 e. The molecule has 1 aliphatic rings. The van der Waals surface area contributed by atoms with Crippen molar-refractivity contribution >= 4 is 27.7 Å². The highest BCUT2D eigenvalue weighted by Crippen LogP contribution is 2.30. The highest BCUT2D eigenvalue weighted by molar-refractivity contribution is 7.90. The highest BCUT2D eigenvalue weighted by atomic mass is 32.2. The van der Waals surface area contributed by atoms with Crippen LogP contribution in [0.25, 0.3) is 0 Å². The number of nitrogens with zero attached hydrogens (tertiary/aromatic N) is 2. The van der Waals surface area contributed by atoms with Gasteiger partial charge in [0.25, 0.3) is 10.0 Å². The molecule has 0 atom stereocenters. The van der Waals surface area contributed by atoms with Gasteiger partial charge in [0.05, 0.1) is 5.69 Å². The molecule has 0 amide bonds. The third-order valence-electron chi connectivity index (χ3n) is 3.61. The first-order valence-electron chi connectivity index (χ1n) is 6.49. The molecule has 2 aromatic rings. The van der Waals surface area contributed by atoms with E-state index in [1.807, 2.05) is 36.1 Å². The molecule has 0 aromatic heterocycles. The summed E-state index contributed by atoms with van der Waals surface area (Å²) in [5.74, 6) is 0. The maximum atomic E-state index is 11.9. The first kappa shape index (κ1) is 13.6. The molecule has 0 bridgehead atoms. The number of nitrogens with two attached hydrogens (primary N) is 1. The van der Waals surface area contributed by atoms with Gasteiger partial charge in [-0.1, -0.05) is 24.3 Å². The lowest BCUT2D eigenvalue weighted by Crippen LogP contribution is -2.27. The Morgan fingerprint density at radius 2 is 1.90 bits per heavy atom. The van der Waals surface area contributed by atoms with Gasteiger partial charge in [0.2, 0.25) is 0 Å². The van der Waals surface area contributed by atoms with E-state index in [4.69, 9.17) is 5.73 Å². The molecule has 21 heavy (non-hydrogen) atoms. The summed E-state index contributed by atoms with van der Waals surface area (Å²) in [5, 5.41) is 0. The van der Waals surface area contributed by atoms with Gasteiger partial charge < -0.3 is 10.6 Å². The lowest BCUT2D eigenvalue weighted by atomic mass is 10.1. The van der Waals surface area contributed by atoms with Crippen LogP contribution in [0.2, 0.25) is 0 Å². The van der Waals surface area contributed by atoms with Gasteiger partial charge in [-0.05, 0) is 36.2 Å². The lowest BCUT2D eigenvalue weighted by molar-refractivity contribution is 0.597. The van der Waals surface area contributed by atoms with Crippen molar-refractivity contribution in [3.8, 4) is 0 Å². The van der Waals surface area contributed by atoms with E-state index >= 15 is 0 Å². The van der Waals surface area contributed by atoms with Crippen LogP contribution >= 0.6 is 0 Å². The van der Waals surface area contributed by atoms with E-state index in [-0.39, 0.29) is 4.90 Å². The van der Waals surface area contributed by atoms with Crippen LogP contribution in [0.1, 0.15) is 11.1 Å². The second-order valence-electron chi connectivity index (χ2n) is 4.92. The third-order valence-corrected chi connectivity index (χ3v) is 4.88. The van der Waals surface area contributed by atoms with Gasteiger partial charge in [0, 0.05) is 12.2 Å². The van der Waals surface area contributed by atoms with Crippen molar-refractivity contribution in [2.45, 2.75) is 18.4 Å². The standard InChI is InChI=1S/C15H15N3O2S/c1-11-12(5-4-6-13(11)16)9-18-10-17-21(19,20)15-8-3-2-7-14(15)18/h2-8,10H,9,16H2,1H3. The summed E-state index contributed by atoms with van der Waals surface area (Å²) in [7, 11) is -3.58. The normalized spacial score (nSPS) is 15.8. The number of fused-ring (bicyclic) bond motifs is 1. The number of rotatable bonds is 2. The molecule has 0 saturated heterocycles. The second-order valence-corrected chi connectivity index (χ2v) is 6.52. The molecule has 0 saturated carbocycles. The van der Waals surface area contributed by atoms with Gasteiger partial charge in [-0.15, -0.1) is 4.40 Å². The molecule has 0 spiro atoms. The zero-order valence-electron chi connectivity index (χ0n) is 11.5. The second kappa shape index (κ2) is 4.89. The number of hydrogen-bond donors (Lipinski definition) is 1. The van der Waals surface area contributed by atoms with E-state index in [0.717, 1.165) is 16.8 Å². The minimum atomic E-state index is -3.58. The molecule has 108 valence electrons. The number of nitrogen functional groups attached to an aromatic ring is 1. The van der Waals surface area contributed by atoms with Crippen LogP contribution in [-0.2, 0) is 16.6 Å². The van der Waals surface area contributed by atoms with Crippen molar-refractivity contribution in [1.82, 2.24) is 0 Å². The molecule has 2 N–H and O–H groups in total. The van der Waals surface area contributed by atoms with Crippen LogP contribution in [-0.4, -0.2) is 14.8 Å². The van der Waals surface area contributed by atoms with Gasteiger partial charge in [-0.25, -0.2) is 0 Å². The Labute approximate surface area is 123 Å². The summed E-state index contributed by atoms with van der Waals surface area (Å²) in [5.41, 5.74) is 9.31. The van der Waals surface area contributed by atoms with E-state index in [1.54, 1.807) is 18.2 Å². The Morgan fingerprint density at radius 3 is 2.71 bits per heavy atom. The van der Waals surface area contributed by atoms with Crippen molar-refractivity contribution in [3.05, 3.63) is 53.6 Å². The van der Waals surface area contributed by atoms with E-state index < -0.39 is 10.0 Å². The number of hydrogen-bond acceptors (Lipinski definition) is 4. The molecule has 0 unspecified atom stereocenters. The number of sulfonamides is 1. The predicted molar refractivity (Wildman–Crippen MR) is 83.9 cm³/mol. The Hall–Kier alpha value is -2.34. The fourth-order valence-corrected chi connectivity index (χ4v) is 3.39. The zero-order chi connectivity index (χ0) is 15.0. The lowest BCUT2D eigenvalue weighted by Gasteiger charge is -2.25. The van der Waals surface area contributed by atoms with Gasteiger partial charge in [0.15, 0.2) is 0 Å². The fourth-order valence-electron chi connectivity index (χ4n) is 2.33. The quantitative estimate of drug-likeness (QED) is 0.864. The minimum Gasteiger partial charge on any atom is -0.399 e. The van der Waals surface area contributed by atoms with Gasteiger partial charge in [0.1, 0.15) is 11.2 Å². The monoisotopic (exact) mass is 301 g/mol. The predicted octanol–water partition coefficient (Wildman–Crippen LogP) is 2.31. The molecule has 2 aromatic carbocycles. The fraction of sp³-hybridized carbons (Fsp3) is 0.133. The maximum absolute atomic E-state index is 11.9. The molecule has 3 rings (SSSR count). The Morgan fingerprint density at radius 1 is 1.14 bits per heavy atom. The summed E-state index contributed by atoms with van der Waals surface area (Å²) in [6, 6.07) is 12.6. The van der Waals surface area contributed by atoms with Crippen LogP contribution in [0.5, 0.6) is 0 Å². The average Bonchev–Trinajstić information content (AvgIpc) is 2.47. The molecule has 1 heterocycles. The highest BCUT2D eigenvalue weighted by Gasteiger charge is 2.25. The van der Waals surface area contributed by atoms with Gasteiger partial charge in [-0.2, -0.15) is 8.42 Å². The van der Waals surface area contributed by atoms with Gasteiger partial charge >= 0.3 is 0 Å². The summed E-state index contributed by atoms with van der Waals surface area (Å²) < 4.78 is 27.6. The number of para-hydroxylation sites is 1. The first-order valence-corrected chi connectivity index (χ1v) is 7.93. The third kappa shape index (κ3) is 2.38. The number of anilines is 2. The molecule has 0 fully saturated rings. The Kier molecular flexibility index (Phi) is 3.17. The molecule has 0 aliphatic carbocycles. The van der Waals surface area contributed by atoms with Crippen molar-refractivity contribution in [3.63, 3.8) is 0 Å². The van der Waals surface area contributed by atoms with Crippen molar-refractivity contribution < 1.29 is 8.42 Å². The largest absolute Gasteiger partial charge is 0.399 e. The Bertz CT molecular complexity index is 829. The van der Waals surface area contributed by atoms with Crippen LogP contribution in [0.15, 0.2) is 51.8 Å². The van der Waals surface area contributed by atoms with Crippen LogP contribution < -0.4 is 10.6 Å². The molecule has 5 nitrogen and oxygen atoms in total. The first-order chi connectivity index (χ1) is 9.99. The van der Waals surface area contributed by atoms with E-state index in [1.165, 1.54) is 6.34 Å². The van der Waals surface area contributed by atoms with Crippen LogP contribution in [0.4, 0.5) is 11.4 Å². The van der Waals surface area contributed by atoms with Crippen LogP contribution in [0, 0.1) is 6.92 Å². The van der Waals surface area contributed by atoms with Crippen LogP contribution in [0.3, 0.4) is 0 Å². The summed E-state index contributed by atoms with van der Waals surface area (Å²) in [6.07, 6.45) is 1.36.